The molecule has 0 unspecified atom stereocenters. The number of aromatic nitrogens is 1. The fraction of sp³-hybridized carbons (Fsp3) is 0.263. The molecule has 3 rings (SSSR count). The molecule has 0 N–H and O–H groups in total. The lowest BCUT2D eigenvalue weighted by Crippen LogP contribution is -2.22. The van der Waals surface area contributed by atoms with Gasteiger partial charge in [-0.1, -0.05) is 62.4 Å². The van der Waals surface area contributed by atoms with E-state index in [9.17, 15) is 0 Å². The van der Waals surface area contributed by atoms with Crippen molar-refractivity contribution in [2.24, 2.45) is 7.05 Å². The van der Waals surface area contributed by atoms with Crippen LogP contribution in [0.4, 0.5) is 0 Å². The van der Waals surface area contributed by atoms with E-state index in [-0.39, 0.29) is 5.41 Å². The van der Waals surface area contributed by atoms with Crippen LogP contribution in [0, 0.1) is 0 Å². The zero-order valence-corrected chi connectivity index (χ0v) is 12.4. The van der Waals surface area contributed by atoms with E-state index in [2.05, 4.69) is 86.3 Å². The minimum atomic E-state index is 0.0577. The minimum absolute atomic E-state index is 0.0577. The molecule has 1 heterocycles. The van der Waals surface area contributed by atoms with Crippen LogP contribution in [0.5, 0.6) is 0 Å². The summed E-state index contributed by atoms with van der Waals surface area (Å²) in [6, 6.07) is 19.5. The average molecular weight is 263 g/mol. The van der Waals surface area contributed by atoms with E-state index in [0.29, 0.717) is 0 Å². The molecule has 1 heteroatoms. The number of rotatable bonds is 3. The first-order chi connectivity index (χ1) is 9.66. The zero-order valence-electron chi connectivity index (χ0n) is 12.4. The third-order valence-corrected chi connectivity index (χ3v) is 4.61. The Labute approximate surface area is 120 Å². The molecule has 102 valence electrons. The summed E-state index contributed by atoms with van der Waals surface area (Å²) < 4.78 is 2.24. The van der Waals surface area contributed by atoms with E-state index >= 15 is 0 Å². The SMILES string of the molecule is CC[C@@](C)(c1ccccc1)c1cn(C)c2ccccc12. The Bertz CT molecular complexity index is 724. The Morgan fingerprint density at radius 3 is 2.30 bits per heavy atom. The van der Waals surface area contributed by atoms with Crippen LogP contribution in [0.2, 0.25) is 0 Å². The van der Waals surface area contributed by atoms with Gasteiger partial charge in [0.15, 0.2) is 0 Å². The topological polar surface area (TPSA) is 4.93 Å². The summed E-state index contributed by atoms with van der Waals surface area (Å²) in [7, 11) is 2.13. The maximum atomic E-state index is 2.35. The molecule has 0 aliphatic rings. The Morgan fingerprint density at radius 1 is 0.950 bits per heavy atom. The normalized spacial score (nSPS) is 14.3. The van der Waals surface area contributed by atoms with Gasteiger partial charge in [0.05, 0.1) is 0 Å². The van der Waals surface area contributed by atoms with E-state index in [4.69, 9.17) is 0 Å². The lowest BCUT2D eigenvalue weighted by Gasteiger charge is -2.29. The van der Waals surface area contributed by atoms with Gasteiger partial charge in [-0.15, -0.1) is 0 Å². The van der Waals surface area contributed by atoms with Crippen LogP contribution in [0.1, 0.15) is 31.4 Å². The molecule has 3 aromatic rings. The maximum absolute atomic E-state index is 2.35. The average Bonchev–Trinajstić information content (AvgIpc) is 2.85. The van der Waals surface area contributed by atoms with Gasteiger partial charge in [-0.25, -0.2) is 0 Å². The smallest absolute Gasteiger partial charge is 0.0480 e. The molecule has 0 amide bonds. The van der Waals surface area contributed by atoms with Crippen LogP contribution in [-0.2, 0) is 12.5 Å². The fourth-order valence-electron chi connectivity index (χ4n) is 3.14. The third kappa shape index (κ3) is 1.85. The van der Waals surface area contributed by atoms with Crippen molar-refractivity contribution in [1.29, 1.82) is 0 Å². The summed E-state index contributed by atoms with van der Waals surface area (Å²) in [6.45, 7) is 4.62. The lowest BCUT2D eigenvalue weighted by atomic mass is 9.74. The number of hydrogen-bond donors (Lipinski definition) is 0. The lowest BCUT2D eigenvalue weighted by molar-refractivity contribution is 0.552. The summed E-state index contributed by atoms with van der Waals surface area (Å²) in [4.78, 5) is 0. The molecule has 0 aliphatic heterocycles. The van der Waals surface area contributed by atoms with Crippen LogP contribution in [0.3, 0.4) is 0 Å². The van der Waals surface area contributed by atoms with Crippen LogP contribution in [0.15, 0.2) is 60.8 Å². The third-order valence-electron chi connectivity index (χ3n) is 4.61. The second kappa shape index (κ2) is 4.82. The summed E-state index contributed by atoms with van der Waals surface area (Å²) in [5.74, 6) is 0. The summed E-state index contributed by atoms with van der Waals surface area (Å²) in [5.41, 5.74) is 4.17. The van der Waals surface area contributed by atoms with Crippen molar-refractivity contribution in [2.75, 3.05) is 0 Å². The molecule has 0 spiro atoms. The summed E-state index contributed by atoms with van der Waals surface area (Å²) in [5, 5.41) is 1.36. The van der Waals surface area contributed by atoms with Crippen molar-refractivity contribution in [3.8, 4) is 0 Å². The molecule has 2 aromatic carbocycles. The van der Waals surface area contributed by atoms with Crippen LogP contribution in [-0.4, -0.2) is 4.57 Å². The fourth-order valence-corrected chi connectivity index (χ4v) is 3.14. The van der Waals surface area contributed by atoms with E-state index in [1.165, 1.54) is 22.0 Å². The van der Waals surface area contributed by atoms with Gasteiger partial charge in [0, 0.05) is 29.6 Å². The van der Waals surface area contributed by atoms with Crippen molar-refractivity contribution in [2.45, 2.75) is 25.7 Å². The van der Waals surface area contributed by atoms with Gasteiger partial charge in [0.2, 0.25) is 0 Å². The molecule has 1 nitrogen and oxygen atoms in total. The number of hydrogen-bond acceptors (Lipinski definition) is 0. The summed E-state index contributed by atoms with van der Waals surface area (Å²) in [6.07, 6.45) is 3.38. The van der Waals surface area contributed by atoms with Crippen LogP contribution < -0.4 is 0 Å². The predicted molar refractivity (Wildman–Crippen MR) is 86.1 cm³/mol. The Balaban J connectivity index is 2.27. The number of nitrogens with zero attached hydrogens (tertiary/aromatic N) is 1. The van der Waals surface area contributed by atoms with Gasteiger partial charge in [0.25, 0.3) is 0 Å². The molecule has 0 radical (unpaired) electrons. The van der Waals surface area contributed by atoms with Gasteiger partial charge >= 0.3 is 0 Å². The van der Waals surface area contributed by atoms with Crippen molar-refractivity contribution in [3.05, 3.63) is 71.9 Å². The van der Waals surface area contributed by atoms with Gasteiger partial charge < -0.3 is 4.57 Å². The van der Waals surface area contributed by atoms with E-state index in [1.54, 1.807) is 0 Å². The molecule has 0 bridgehead atoms. The molecule has 1 atom stereocenters. The van der Waals surface area contributed by atoms with Gasteiger partial charge in [-0.3, -0.25) is 0 Å². The number of aryl methyl sites for hydroxylation is 1. The molecule has 20 heavy (non-hydrogen) atoms. The van der Waals surface area contributed by atoms with Gasteiger partial charge in [0.1, 0.15) is 0 Å². The highest BCUT2D eigenvalue weighted by atomic mass is 14.9. The second-order valence-corrected chi connectivity index (χ2v) is 5.72. The molecular formula is C19H21N. The van der Waals surface area contributed by atoms with Crippen molar-refractivity contribution in [3.63, 3.8) is 0 Å². The molecule has 0 saturated carbocycles. The first-order valence-electron chi connectivity index (χ1n) is 7.27. The van der Waals surface area contributed by atoms with Crippen LogP contribution in [0.25, 0.3) is 10.9 Å². The highest BCUT2D eigenvalue weighted by Gasteiger charge is 2.29. The van der Waals surface area contributed by atoms with Gasteiger partial charge in [-0.2, -0.15) is 0 Å². The first kappa shape index (κ1) is 13.0. The number of para-hydroxylation sites is 1. The molecule has 1 aromatic heterocycles. The monoisotopic (exact) mass is 263 g/mol. The number of benzene rings is 2. The Kier molecular flexibility index (Phi) is 3.13. The summed E-state index contributed by atoms with van der Waals surface area (Å²) >= 11 is 0. The highest BCUT2D eigenvalue weighted by Crippen LogP contribution is 2.39. The minimum Gasteiger partial charge on any atom is -0.350 e. The quantitative estimate of drug-likeness (QED) is 0.633. The van der Waals surface area contributed by atoms with E-state index < -0.39 is 0 Å². The van der Waals surface area contributed by atoms with Crippen molar-refractivity contribution in [1.82, 2.24) is 4.57 Å². The van der Waals surface area contributed by atoms with Crippen molar-refractivity contribution >= 4 is 10.9 Å². The number of fused-ring (bicyclic) bond motifs is 1. The largest absolute Gasteiger partial charge is 0.350 e. The van der Waals surface area contributed by atoms with Crippen LogP contribution >= 0.6 is 0 Å². The Morgan fingerprint density at radius 2 is 1.60 bits per heavy atom. The standard InChI is InChI=1S/C19H21N/c1-4-19(2,15-10-6-5-7-11-15)17-14-20(3)18-13-9-8-12-16(17)18/h5-14H,4H2,1-3H3/t19-/m0/s1. The highest BCUT2D eigenvalue weighted by molar-refractivity contribution is 5.85. The molecule has 0 aliphatic carbocycles. The Hall–Kier alpha value is -2.02. The van der Waals surface area contributed by atoms with E-state index in [0.717, 1.165) is 6.42 Å². The zero-order chi connectivity index (χ0) is 14.2. The molecular weight excluding hydrogens is 242 g/mol. The first-order valence-corrected chi connectivity index (χ1v) is 7.27. The predicted octanol–water partition coefficient (Wildman–Crippen LogP) is 4.89. The molecule has 0 fully saturated rings. The molecule has 0 saturated heterocycles. The van der Waals surface area contributed by atoms with Gasteiger partial charge in [-0.05, 0) is 23.6 Å². The van der Waals surface area contributed by atoms with E-state index in [1.807, 2.05) is 0 Å². The van der Waals surface area contributed by atoms with Crippen molar-refractivity contribution < 1.29 is 0 Å². The second-order valence-electron chi connectivity index (χ2n) is 5.72. The maximum Gasteiger partial charge on any atom is 0.0480 e.